The maximum atomic E-state index is 11.3. The fourth-order valence-electron chi connectivity index (χ4n) is 2.95. The number of nitrogen functional groups attached to an aromatic ring is 1. The molecule has 0 aromatic carbocycles. The summed E-state index contributed by atoms with van der Waals surface area (Å²) in [4.78, 5) is 31.2. The molecule has 4 rings (SSSR count). The lowest BCUT2D eigenvalue weighted by molar-refractivity contribution is -0.0968. The molecule has 2 aromatic heterocycles. The largest absolute Gasteiger partial charge is 0.368 e. The van der Waals surface area contributed by atoms with Gasteiger partial charge in [0.1, 0.15) is 0 Å². The van der Waals surface area contributed by atoms with Crippen molar-refractivity contribution >= 4 is 30.5 Å². The summed E-state index contributed by atoms with van der Waals surface area (Å²) in [7, 11) is -4.41. The zero-order chi connectivity index (χ0) is 17.8. The summed E-state index contributed by atoms with van der Waals surface area (Å²) >= 11 is 0. The van der Waals surface area contributed by atoms with Crippen LogP contribution in [-0.4, -0.2) is 52.6 Å². The Morgan fingerprint density at radius 3 is 2.80 bits per heavy atom. The van der Waals surface area contributed by atoms with Crippen LogP contribution in [0.25, 0.3) is 11.2 Å². The van der Waals surface area contributed by atoms with Crippen LogP contribution in [0.5, 0.6) is 0 Å². The van der Waals surface area contributed by atoms with Gasteiger partial charge in [-0.2, -0.15) is 9.97 Å². The van der Waals surface area contributed by atoms with Gasteiger partial charge in [-0.3, -0.25) is 4.57 Å². The fraction of sp³-hybridized carbons (Fsp3) is 0.615. The summed E-state index contributed by atoms with van der Waals surface area (Å²) < 4.78 is 18.0. The molecule has 1 saturated carbocycles. The second kappa shape index (κ2) is 5.89. The molecule has 0 amide bonds. The van der Waals surface area contributed by atoms with Crippen molar-refractivity contribution in [2.45, 2.75) is 44.0 Å². The number of rotatable bonds is 5. The first kappa shape index (κ1) is 16.7. The van der Waals surface area contributed by atoms with Gasteiger partial charge in [0.25, 0.3) is 0 Å². The third-order valence-corrected chi connectivity index (χ3v) is 5.49. The summed E-state index contributed by atoms with van der Waals surface area (Å²) in [6.07, 6.45) is 2.47. The Balaban J connectivity index is 1.59. The van der Waals surface area contributed by atoms with Gasteiger partial charge < -0.3 is 35.2 Å². The first-order chi connectivity index (χ1) is 11.8. The molecule has 12 heteroatoms. The predicted molar refractivity (Wildman–Crippen MR) is 87.4 cm³/mol. The van der Waals surface area contributed by atoms with Crippen molar-refractivity contribution in [3.63, 3.8) is 0 Å². The van der Waals surface area contributed by atoms with E-state index in [9.17, 15) is 19.5 Å². The monoisotopic (exact) mass is 370 g/mol. The normalized spacial score (nSPS) is 27.1. The van der Waals surface area contributed by atoms with E-state index in [0.717, 1.165) is 12.8 Å². The van der Waals surface area contributed by atoms with Gasteiger partial charge in [0, 0.05) is 18.5 Å². The Morgan fingerprint density at radius 1 is 1.40 bits per heavy atom. The molecule has 0 bridgehead atoms. The van der Waals surface area contributed by atoms with Gasteiger partial charge in [0.05, 0.1) is 6.33 Å². The predicted octanol–water partition coefficient (Wildman–Crippen LogP) is -0.159. The summed E-state index contributed by atoms with van der Waals surface area (Å²) in [5.41, 5.74) is 6.86. The lowest BCUT2D eigenvalue weighted by Crippen LogP contribution is -2.20. The van der Waals surface area contributed by atoms with Gasteiger partial charge in [-0.05, 0) is 19.3 Å². The third-order valence-electron chi connectivity index (χ3n) is 4.41. The Morgan fingerprint density at radius 2 is 2.16 bits per heavy atom. The summed E-state index contributed by atoms with van der Waals surface area (Å²) in [6, 6.07) is 0.372. The van der Waals surface area contributed by atoms with Gasteiger partial charge in [0.15, 0.2) is 29.1 Å². The Bertz CT molecular complexity index is 849. The van der Waals surface area contributed by atoms with Crippen LogP contribution in [0.1, 0.15) is 19.3 Å². The van der Waals surface area contributed by atoms with Crippen LogP contribution < -0.4 is 11.1 Å². The lowest BCUT2D eigenvalue weighted by atomic mass is 10.1. The standard InChI is InChI=1S/C13H19N6O5P/c14-13-17-10(16-7-1-2-7)9-11(18-13)19(5-15-9)4-6-3-8(24-12(6)20)25(21,22)23/h5-8,12,20H,1-4H2,(H2,21,22,23)(H3,14,16,17,18)/t6-,8+,12+/m0/s1. The molecule has 2 aliphatic rings. The molecular formula is C13H19N6O5P. The molecule has 1 saturated heterocycles. The molecule has 0 unspecified atom stereocenters. The number of aliphatic hydroxyl groups is 1. The number of aromatic nitrogens is 4. The number of fused-ring (bicyclic) bond motifs is 1. The van der Waals surface area contributed by atoms with Crippen LogP contribution in [-0.2, 0) is 15.8 Å². The molecular weight excluding hydrogens is 351 g/mol. The Labute approximate surface area is 142 Å². The minimum absolute atomic E-state index is 0.0405. The molecule has 25 heavy (non-hydrogen) atoms. The van der Waals surface area contributed by atoms with Crippen LogP contribution >= 0.6 is 7.60 Å². The van der Waals surface area contributed by atoms with Gasteiger partial charge in [0.2, 0.25) is 5.95 Å². The van der Waals surface area contributed by atoms with Crippen molar-refractivity contribution < 1.29 is 24.2 Å². The van der Waals surface area contributed by atoms with Crippen molar-refractivity contribution in [1.29, 1.82) is 0 Å². The van der Waals surface area contributed by atoms with E-state index in [2.05, 4.69) is 20.3 Å². The van der Waals surface area contributed by atoms with Crippen LogP contribution in [0.2, 0.25) is 0 Å². The molecule has 136 valence electrons. The van der Waals surface area contributed by atoms with Crippen LogP contribution in [0, 0.1) is 5.92 Å². The van der Waals surface area contributed by atoms with Crippen LogP contribution in [0.3, 0.4) is 0 Å². The molecule has 1 aliphatic heterocycles. The SMILES string of the molecule is Nc1nc(NC2CC2)c2ncn(C[C@@H]3C[C@@H](P(=O)(O)O)O[C@H]3O)c2n1. The number of ether oxygens (including phenoxy) is 1. The van der Waals surface area contributed by atoms with Crippen molar-refractivity contribution in [1.82, 2.24) is 19.5 Å². The zero-order valence-corrected chi connectivity index (χ0v) is 14.1. The molecule has 2 fully saturated rings. The average Bonchev–Trinajstić information content (AvgIpc) is 3.12. The average molecular weight is 370 g/mol. The maximum absolute atomic E-state index is 11.3. The van der Waals surface area contributed by atoms with Crippen molar-refractivity contribution in [3.05, 3.63) is 6.33 Å². The first-order valence-electron chi connectivity index (χ1n) is 7.95. The fourth-order valence-corrected chi connectivity index (χ4v) is 3.78. The van der Waals surface area contributed by atoms with E-state index < -0.39 is 25.6 Å². The van der Waals surface area contributed by atoms with Gasteiger partial charge >= 0.3 is 7.60 Å². The highest BCUT2D eigenvalue weighted by Gasteiger charge is 2.43. The van der Waals surface area contributed by atoms with E-state index in [4.69, 9.17) is 10.5 Å². The number of hydrogen-bond donors (Lipinski definition) is 5. The van der Waals surface area contributed by atoms with E-state index in [1.165, 1.54) is 0 Å². The highest BCUT2D eigenvalue weighted by atomic mass is 31.2. The highest BCUT2D eigenvalue weighted by molar-refractivity contribution is 7.52. The number of imidazole rings is 1. The summed E-state index contributed by atoms with van der Waals surface area (Å²) in [6.45, 7) is 0.244. The number of aliphatic hydroxyl groups excluding tert-OH is 1. The third kappa shape index (κ3) is 3.33. The minimum atomic E-state index is -4.41. The molecule has 3 atom stereocenters. The number of anilines is 2. The molecule has 3 heterocycles. The van der Waals surface area contributed by atoms with E-state index in [1.54, 1.807) is 10.9 Å². The van der Waals surface area contributed by atoms with E-state index in [1.807, 2.05) is 0 Å². The van der Waals surface area contributed by atoms with Crippen LogP contribution in [0.15, 0.2) is 6.33 Å². The van der Waals surface area contributed by atoms with Crippen molar-refractivity contribution in [2.24, 2.45) is 5.92 Å². The lowest BCUT2D eigenvalue weighted by Gasteiger charge is -2.13. The summed E-state index contributed by atoms with van der Waals surface area (Å²) in [5, 5.41) is 13.2. The molecule has 0 radical (unpaired) electrons. The van der Waals surface area contributed by atoms with E-state index in [0.29, 0.717) is 23.0 Å². The van der Waals surface area contributed by atoms with Crippen molar-refractivity contribution in [2.75, 3.05) is 11.1 Å². The quantitative estimate of drug-likeness (QED) is 0.446. The molecule has 11 nitrogen and oxygen atoms in total. The number of nitrogens with one attached hydrogen (secondary N) is 1. The maximum Gasteiger partial charge on any atom is 0.354 e. The highest BCUT2D eigenvalue weighted by Crippen LogP contribution is 2.49. The van der Waals surface area contributed by atoms with Gasteiger partial charge in [-0.15, -0.1) is 0 Å². The van der Waals surface area contributed by atoms with Gasteiger partial charge in [-0.1, -0.05) is 0 Å². The topological polar surface area (TPSA) is 169 Å². The summed E-state index contributed by atoms with van der Waals surface area (Å²) in [5.74, 6) is -1.12. The first-order valence-corrected chi connectivity index (χ1v) is 9.63. The minimum Gasteiger partial charge on any atom is -0.368 e. The second-order valence-electron chi connectivity index (χ2n) is 6.48. The van der Waals surface area contributed by atoms with Crippen molar-refractivity contribution in [3.8, 4) is 0 Å². The van der Waals surface area contributed by atoms with Gasteiger partial charge in [-0.25, -0.2) is 4.98 Å². The molecule has 6 N–H and O–H groups in total. The van der Waals surface area contributed by atoms with E-state index in [-0.39, 0.29) is 18.9 Å². The smallest absolute Gasteiger partial charge is 0.354 e. The molecule has 2 aromatic rings. The van der Waals surface area contributed by atoms with E-state index >= 15 is 0 Å². The Hall–Kier alpha value is -1.78. The number of nitrogens with zero attached hydrogens (tertiary/aromatic N) is 4. The number of nitrogens with two attached hydrogens (primary N) is 1. The second-order valence-corrected chi connectivity index (χ2v) is 8.24. The van der Waals surface area contributed by atoms with Crippen LogP contribution in [0.4, 0.5) is 11.8 Å². The molecule has 0 spiro atoms. The zero-order valence-electron chi connectivity index (χ0n) is 13.2. The number of hydrogen-bond acceptors (Lipinski definition) is 8. The molecule has 1 aliphatic carbocycles. The Kier molecular flexibility index (Phi) is 3.93.